The van der Waals surface area contributed by atoms with E-state index in [1.165, 1.54) is 24.3 Å². The van der Waals surface area contributed by atoms with Crippen LogP contribution in [0.15, 0.2) is 36.4 Å². The van der Waals surface area contributed by atoms with Crippen molar-refractivity contribution in [2.45, 2.75) is 13.5 Å². The first-order valence-corrected chi connectivity index (χ1v) is 7.36. The Labute approximate surface area is 142 Å². The molecule has 2 aromatic carbocycles. The number of halogens is 1. The lowest BCUT2D eigenvalue weighted by Crippen LogP contribution is -2.03. The number of nitrogens with zero attached hydrogens (tertiary/aromatic N) is 1. The van der Waals surface area contributed by atoms with Gasteiger partial charge in [0, 0.05) is 12.1 Å². The molecule has 2 rings (SSSR count). The first-order valence-electron chi connectivity index (χ1n) is 6.98. The third-order valence-electron chi connectivity index (χ3n) is 3.09. The molecular formula is C16H14ClNO6. The number of carboxylic acids is 1. The van der Waals surface area contributed by atoms with Gasteiger partial charge >= 0.3 is 5.97 Å². The lowest BCUT2D eigenvalue weighted by atomic mass is 10.2. The van der Waals surface area contributed by atoms with Gasteiger partial charge in [-0.1, -0.05) is 11.6 Å². The highest BCUT2D eigenvalue weighted by atomic mass is 35.5. The highest BCUT2D eigenvalue weighted by molar-refractivity contribution is 6.32. The molecule has 8 heteroatoms. The van der Waals surface area contributed by atoms with E-state index in [2.05, 4.69) is 0 Å². The molecule has 0 unspecified atom stereocenters. The molecule has 2 aromatic rings. The Hall–Kier alpha value is -2.80. The van der Waals surface area contributed by atoms with Crippen LogP contribution in [0.25, 0.3) is 0 Å². The molecule has 0 atom stereocenters. The van der Waals surface area contributed by atoms with Crippen LogP contribution >= 0.6 is 11.6 Å². The van der Waals surface area contributed by atoms with Crippen molar-refractivity contribution in [1.29, 1.82) is 0 Å². The highest BCUT2D eigenvalue weighted by Crippen LogP contribution is 2.37. The Morgan fingerprint density at radius 1 is 1.25 bits per heavy atom. The van der Waals surface area contributed by atoms with Crippen LogP contribution < -0.4 is 9.47 Å². The Morgan fingerprint density at radius 3 is 2.46 bits per heavy atom. The molecule has 24 heavy (non-hydrogen) atoms. The average molecular weight is 352 g/mol. The standard InChI is InChI=1S/C16H14ClNO6/c1-2-23-14-8-11(16(19)20)7-13(17)15(14)24-9-10-3-5-12(6-4-10)18(21)22/h3-8H,2,9H2,1H3,(H,19,20). The topological polar surface area (TPSA) is 98.9 Å². The maximum absolute atomic E-state index is 11.1. The van der Waals surface area contributed by atoms with E-state index in [1.54, 1.807) is 19.1 Å². The van der Waals surface area contributed by atoms with E-state index >= 15 is 0 Å². The second-order valence-corrected chi connectivity index (χ2v) is 5.14. The smallest absolute Gasteiger partial charge is 0.335 e. The van der Waals surface area contributed by atoms with E-state index < -0.39 is 10.9 Å². The summed E-state index contributed by atoms with van der Waals surface area (Å²) in [6.45, 7) is 2.17. The second-order valence-electron chi connectivity index (χ2n) is 4.74. The van der Waals surface area contributed by atoms with Crippen LogP contribution in [0.3, 0.4) is 0 Å². The lowest BCUT2D eigenvalue weighted by molar-refractivity contribution is -0.384. The number of nitro benzene ring substituents is 1. The van der Waals surface area contributed by atoms with Crippen molar-refractivity contribution in [3.8, 4) is 11.5 Å². The van der Waals surface area contributed by atoms with Gasteiger partial charge in [-0.05, 0) is 36.8 Å². The molecule has 126 valence electrons. The molecule has 0 bridgehead atoms. The summed E-state index contributed by atoms with van der Waals surface area (Å²) in [5.41, 5.74) is 0.671. The van der Waals surface area contributed by atoms with E-state index in [9.17, 15) is 14.9 Å². The Kier molecular flexibility index (Phi) is 5.59. The summed E-state index contributed by atoms with van der Waals surface area (Å²) in [7, 11) is 0. The van der Waals surface area contributed by atoms with Gasteiger partial charge in [-0.2, -0.15) is 0 Å². The van der Waals surface area contributed by atoms with E-state index in [1.807, 2.05) is 0 Å². The van der Waals surface area contributed by atoms with Crippen molar-refractivity contribution < 1.29 is 24.3 Å². The predicted octanol–water partition coefficient (Wildman–Crippen LogP) is 3.92. The molecule has 0 heterocycles. The molecule has 0 aromatic heterocycles. The van der Waals surface area contributed by atoms with Crippen molar-refractivity contribution in [1.82, 2.24) is 0 Å². The van der Waals surface area contributed by atoms with Crippen LogP contribution in [0.4, 0.5) is 5.69 Å². The van der Waals surface area contributed by atoms with Crippen LogP contribution in [0.5, 0.6) is 11.5 Å². The number of rotatable bonds is 7. The molecule has 0 saturated carbocycles. The quantitative estimate of drug-likeness (QED) is 0.599. The molecule has 0 amide bonds. The summed E-state index contributed by atoms with van der Waals surface area (Å²) in [4.78, 5) is 21.2. The molecule has 0 spiro atoms. The Morgan fingerprint density at radius 2 is 1.92 bits per heavy atom. The lowest BCUT2D eigenvalue weighted by Gasteiger charge is -2.14. The first-order chi connectivity index (χ1) is 11.4. The largest absolute Gasteiger partial charge is 0.490 e. The number of non-ortho nitro benzene ring substituents is 1. The van der Waals surface area contributed by atoms with Gasteiger partial charge in [0.25, 0.3) is 5.69 Å². The van der Waals surface area contributed by atoms with Crippen molar-refractivity contribution in [3.63, 3.8) is 0 Å². The minimum Gasteiger partial charge on any atom is -0.490 e. The van der Waals surface area contributed by atoms with Crippen LogP contribution in [-0.4, -0.2) is 22.6 Å². The molecule has 0 radical (unpaired) electrons. The van der Waals surface area contributed by atoms with Gasteiger partial charge in [0.05, 0.1) is 22.1 Å². The summed E-state index contributed by atoms with van der Waals surface area (Å²) in [5, 5.41) is 19.8. The molecule has 7 nitrogen and oxygen atoms in total. The number of hydrogen-bond acceptors (Lipinski definition) is 5. The molecule has 0 saturated heterocycles. The van der Waals surface area contributed by atoms with Gasteiger partial charge in [-0.15, -0.1) is 0 Å². The van der Waals surface area contributed by atoms with Crippen LogP contribution in [0, 0.1) is 10.1 Å². The monoisotopic (exact) mass is 351 g/mol. The fourth-order valence-electron chi connectivity index (χ4n) is 1.96. The average Bonchev–Trinajstić information content (AvgIpc) is 2.54. The fourth-order valence-corrected chi connectivity index (χ4v) is 2.23. The summed E-state index contributed by atoms with van der Waals surface area (Å²) < 4.78 is 11.0. The number of carbonyl (C=O) groups is 1. The molecule has 0 aliphatic rings. The number of carboxylic acid groups (broad SMARTS) is 1. The molecule has 1 N–H and O–H groups in total. The fraction of sp³-hybridized carbons (Fsp3) is 0.188. The molecule has 0 aliphatic heterocycles. The third kappa shape index (κ3) is 4.14. The Balaban J connectivity index is 2.21. The SMILES string of the molecule is CCOc1cc(C(=O)O)cc(Cl)c1OCc1ccc([N+](=O)[O-])cc1. The minimum absolute atomic E-state index is 0.00821. The zero-order valence-corrected chi connectivity index (χ0v) is 13.4. The number of aromatic carboxylic acids is 1. The third-order valence-corrected chi connectivity index (χ3v) is 3.37. The number of benzene rings is 2. The van der Waals surface area contributed by atoms with Gasteiger partial charge in [-0.25, -0.2) is 4.79 Å². The van der Waals surface area contributed by atoms with Crippen LogP contribution in [0.2, 0.25) is 5.02 Å². The predicted molar refractivity (Wildman–Crippen MR) is 87.0 cm³/mol. The van der Waals surface area contributed by atoms with Crippen molar-refractivity contribution in [2.75, 3.05) is 6.61 Å². The van der Waals surface area contributed by atoms with Crippen molar-refractivity contribution in [2.24, 2.45) is 0 Å². The van der Waals surface area contributed by atoms with E-state index in [4.69, 9.17) is 26.2 Å². The number of nitro groups is 1. The summed E-state index contributed by atoms with van der Waals surface area (Å²) in [6, 6.07) is 8.49. The maximum atomic E-state index is 11.1. The summed E-state index contributed by atoms with van der Waals surface area (Å²) in [6.07, 6.45) is 0. The Bertz CT molecular complexity index is 760. The zero-order valence-electron chi connectivity index (χ0n) is 12.7. The van der Waals surface area contributed by atoms with Gasteiger partial charge in [0.2, 0.25) is 0 Å². The molecule has 0 aliphatic carbocycles. The van der Waals surface area contributed by atoms with Crippen LogP contribution in [0.1, 0.15) is 22.8 Å². The number of ether oxygens (including phenoxy) is 2. The minimum atomic E-state index is -1.13. The summed E-state index contributed by atoms with van der Waals surface area (Å²) >= 11 is 6.09. The zero-order chi connectivity index (χ0) is 17.7. The van der Waals surface area contributed by atoms with Gasteiger partial charge < -0.3 is 14.6 Å². The van der Waals surface area contributed by atoms with E-state index in [0.29, 0.717) is 12.2 Å². The van der Waals surface area contributed by atoms with E-state index in [0.717, 1.165) is 0 Å². The van der Waals surface area contributed by atoms with Gasteiger partial charge in [0.1, 0.15) is 6.61 Å². The van der Waals surface area contributed by atoms with E-state index in [-0.39, 0.29) is 34.4 Å². The second kappa shape index (κ2) is 7.65. The van der Waals surface area contributed by atoms with Gasteiger partial charge in [0.15, 0.2) is 11.5 Å². The normalized spacial score (nSPS) is 10.2. The highest BCUT2D eigenvalue weighted by Gasteiger charge is 2.16. The number of hydrogen-bond donors (Lipinski definition) is 1. The molecule has 0 fully saturated rings. The summed E-state index contributed by atoms with van der Waals surface area (Å²) in [5.74, 6) is -0.675. The maximum Gasteiger partial charge on any atom is 0.335 e. The van der Waals surface area contributed by atoms with Crippen molar-refractivity contribution in [3.05, 3.63) is 62.7 Å². The molecular weight excluding hydrogens is 338 g/mol. The van der Waals surface area contributed by atoms with Gasteiger partial charge in [-0.3, -0.25) is 10.1 Å². The first kappa shape index (κ1) is 17.6. The van der Waals surface area contributed by atoms with Crippen molar-refractivity contribution >= 4 is 23.3 Å². The van der Waals surface area contributed by atoms with Crippen LogP contribution in [-0.2, 0) is 6.61 Å².